The Kier molecular flexibility index (Phi) is 12.8. The SMILES string of the molecule is CC(C)(C)Cc1ccc2c(c1)N(c1c(-c3ccccc3)cccc1-c1cc(C(C)(C)C)cc(C(C)(C)C)c1)CN2c1cccc(Oc2cc3c(c4c2C2(c5ccccc5-c5ccccc52)c2ccccc2-4)c2ccccc2n3-c2cc(C(C)(C)C)ccn2)c1. The Morgan fingerprint density at radius 2 is 1.03 bits per heavy atom. The summed E-state index contributed by atoms with van der Waals surface area (Å²) < 4.78 is 10.3. The van der Waals surface area contributed by atoms with Gasteiger partial charge in [-0.05, 0) is 137 Å². The molecule has 0 atom stereocenters. The quantitative estimate of drug-likeness (QED) is 0.152. The maximum atomic E-state index is 7.87. The third kappa shape index (κ3) is 9.13. The minimum atomic E-state index is -0.684. The van der Waals surface area contributed by atoms with Crippen molar-refractivity contribution >= 4 is 44.6 Å². The number of fused-ring (bicyclic) bond motifs is 15. The molecule has 0 bridgehead atoms. The first-order chi connectivity index (χ1) is 42.6. The summed E-state index contributed by atoms with van der Waals surface area (Å²) >= 11 is 0. The van der Waals surface area contributed by atoms with Crippen LogP contribution in [0.15, 0.2) is 231 Å². The molecule has 1 spiro atoms. The van der Waals surface area contributed by atoms with E-state index in [0.717, 1.165) is 51.7 Å². The number of hydrogen-bond donors (Lipinski definition) is 0. The molecule has 89 heavy (non-hydrogen) atoms. The van der Waals surface area contributed by atoms with Gasteiger partial charge >= 0.3 is 0 Å². The van der Waals surface area contributed by atoms with Gasteiger partial charge in [-0.25, -0.2) is 4.98 Å². The summed E-state index contributed by atoms with van der Waals surface area (Å²) in [6.45, 7) is 28.4. The Morgan fingerprint density at radius 3 is 1.70 bits per heavy atom. The molecule has 5 nitrogen and oxygen atoms in total. The van der Waals surface area contributed by atoms with Crippen molar-refractivity contribution in [3.63, 3.8) is 0 Å². The van der Waals surface area contributed by atoms with Gasteiger partial charge < -0.3 is 14.5 Å². The first kappa shape index (κ1) is 56.1. The number of nitrogens with zero attached hydrogens (tertiary/aromatic N) is 4. The van der Waals surface area contributed by atoms with Gasteiger partial charge in [-0.15, -0.1) is 0 Å². The highest BCUT2D eigenvalue weighted by molar-refractivity contribution is 6.20. The van der Waals surface area contributed by atoms with Crippen LogP contribution in [0.2, 0.25) is 0 Å². The van der Waals surface area contributed by atoms with Gasteiger partial charge in [0.25, 0.3) is 0 Å². The summed E-state index contributed by atoms with van der Waals surface area (Å²) in [5.74, 6) is 2.45. The van der Waals surface area contributed by atoms with Crippen LogP contribution in [0.25, 0.3) is 72.1 Å². The number of para-hydroxylation sites is 2. The molecule has 0 fully saturated rings. The van der Waals surface area contributed by atoms with E-state index < -0.39 is 5.41 Å². The maximum absolute atomic E-state index is 7.87. The summed E-state index contributed by atoms with van der Waals surface area (Å²) in [7, 11) is 0. The van der Waals surface area contributed by atoms with Crippen LogP contribution < -0.4 is 14.5 Å². The number of aromatic nitrogens is 2. The molecule has 0 N–H and O–H groups in total. The lowest BCUT2D eigenvalue weighted by Gasteiger charge is -2.32. The number of ether oxygens (including phenoxy) is 1. The topological polar surface area (TPSA) is 33.5 Å². The van der Waals surface area contributed by atoms with E-state index in [0.29, 0.717) is 6.67 Å². The lowest BCUT2D eigenvalue weighted by atomic mass is 9.70. The summed E-state index contributed by atoms with van der Waals surface area (Å²) in [4.78, 5) is 10.3. The molecular formula is C84H78N4O. The van der Waals surface area contributed by atoms with Crippen LogP contribution in [-0.2, 0) is 28.1 Å². The molecule has 2 aliphatic carbocycles. The summed E-state index contributed by atoms with van der Waals surface area (Å²) in [5.41, 5.74) is 25.8. The van der Waals surface area contributed by atoms with Crippen molar-refractivity contribution < 1.29 is 4.74 Å². The molecule has 12 aromatic rings. The summed E-state index contributed by atoms with van der Waals surface area (Å²) in [6, 6.07) is 84.2. The van der Waals surface area contributed by atoms with E-state index in [9.17, 15) is 0 Å². The number of pyridine rings is 1. The van der Waals surface area contributed by atoms with E-state index >= 15 is 0 Å². The van der Waals surface area contributed by atoms with Crippen LogP contribution in [0.1, 0.15) is 128 Å². The van der Waals surface area contributed by atoms with Crippen molar-refractivity contribution in [1.29, 1.82) is 0 Å². The van der Waals surface area contributed by atoms with Gasteiger partial charge in [0.15, 0.2) is 0 Å². The van der Waals surface area contributed by atoms with E-state index in [1.165, 1.54) is 106 Å². The number of benzene rings is 10. The van der Waals surface area contributed by atoms with E-state index in [4.69, 9.17) is 9.72 Å². The van der Waals surface area contributed by atoms with Crippen molar-refractivity contribution in [2.75, 3.05) is 16.5 Å². The van der Waals surface area contributed by atoms with Gasteiger partial charge in [0.05, 0.1) is 33.5 Å². The minimum Gasteiger partial charge on any atom is -0.457 e. The van der Waals surface area contributed by atoms with Crippen LogP contribution in [0, 0.1) is 5.41 Å². The molecule has 10 aromatic carbocycles. The Balaban J connectivity index is 0.953. The number of hydrogen-bond acceptors (Lipinski definition) is 4. The van der Waals surface area contributed by atoms with Crippen LogP contribution in [0.4, 0.5) is 22.7 Å². The first-order valence-corrected chi connectivity index (χ1v) is 31.8. The lowest BCUT2D eigenvalue weighted by Crippen LogP contribution is -2.26. The van der Waals surface area contributed by atoms with E-state index in [1.54, 1.807) is 0 Å². The van der Waals surface area contributed by atoms with Crippen LogP contribution >= 0.6 is 0 Å². The second-order valence-electron chi connectivity index (χ2n) is 29.4. The van der Waals surface area contributed by atoms with Gasteiger partial charge in [0.1, 0.15) is 24.0 Å². The van der Waals surface area contributed by atoms with Gasteiger partial charge in [-0.1, -0.05) is 253 Å². The van der Waals surface area contributed by atoms with Crippen molar-refractivity contribution in [3.05, 3.63) is 275 Å². The van der Waals surface area contributed by atoms with E-state index in [1.807, 2.05) is 6.20 Å². The van der Waals surface area contributed by atoms with E-state index in [-0.39, 0.29) is 21.7 Å². The standard InChI is InChI=1S/C84H78N4O/c1-80(2,3)51-53-40-41-71-72(44-53)87(79-61(54-26-14-13-15-27-54)34-25-35-62(79)55-45-57(82(7,8)9)47-58(46-55)83(10,11)12)52-86(71)59-28-24-29-60(49-59)89-74-50-73-76(66-33-19-23-39-70(66)88(73)75-48-56(42-43-85-75)81(4,5)6)77-65-32-18-22-38-69(65)84(78(74)77)67-36-20-16-30-63(67)64-31-17-21-37-68(64)84/h13-50H,51-52H2,1-12H3. The molecular weight excluding hydrogens is 1080 g/mol. The molecule has 0 amide bonds. The molecule has 3 aliphatic rings. The van der Waals surface area contributed by atoms with Gasteiger partial charge in [0, 0.05) is 57.0 Å². The second kappa shape index (κ2) is 20.3. The van der Waals surface area contributed by atoms with Crippen molar-refractivity contribution in [2.45, 2.75) is 111 Å². The monoisotopic (exact) mass is 1160 g/mol. The zero-order valence-electron chi connectivity index (χ0n) is 53.6. The fourth-order valence-electron chi connectivity index (χ4n) is 14.9. The fourth-order valence-corrected chi connectivity index (χ4v) is 14.9. The Morgan fingerprint density at radius 1 is 0.449 bits per heavy atom. The van der Waals surface area contributed by atoms with E-state index in [2.05, 4.69) is 322 Å². The highest BCUT2D eigenvalue weighted by Crippen LogP contribution is 2.67. The molecule has 3 heterocycles. The Bertz CT molecular complexity index is 4740. The summed E-state index contributed by atoms with van der Waals surface area (Å²) in [5, 5.41) is 2.37. The lowest BCUT2D eigenvalue weighted by molar-refractivity contribution is 0.411. The molecule has 0 radical (unpaired) electrons. The van der Waals surface area contributed by atoms with Crippen LogP contribution in [0.3, 0.4) is 0 Å². The Labute approximate surface area is 525 Å². The Hall–Kier alpha value is -9.45. The number of anilines is 4. The fraction of sp³-hybridized carbons (Fsp3) is 0.226. The summed E-state index contributed by atoms with van der Waals surface area (Å²) in [6.07, 6.45) is 2.92. The molecule has 1 aliphatic heterocycles. The third-order valence-corrected chi connectivity index (χ3v) is 19.1. The maximum Gasteiger partial charge on any atom is 0.137 e. The predicted octanol–water partition coefficient (Wildman–Crippen LogP) is 22.4. The minimum absolute atomic E-state index is 0.0602. The van der Waals surface area contributed by atoms with Gasteiger partial charge in [0.2, 0.25) is 0 Å². The van der Waals surface area contributed by atoms with Crippen LogP contribution in [-0.4, -0.2) is 16.2 Å². The molecule has 440 valence electrons. The largest absolute Gasteiger partial charge is 0.457 e. The second-order valence-corrected chi connectivity index (χ2v) is 29.4. The average Bonchev–Trinajstić information content (AvgIpc) is 1.50. The highest BCUT2D eigenvalue weighted by Gasteiger charge is 2.54. The molecule has 5 heteroatoms. The third-order valence-electron chi connectivity index (χ3n) is 19.1. The van der Waals surface area contributed by atoms with Gasteiger partial charge in [-0.2, -0.15) is 0 Å². The number of rotatable bonds is 8. The predicted molar refractivity (Wildman–Crippen MR) is 374 cm³/mol. The molecule has 0 unspecified atom stereocenters. The zero-order chi connectivity index (χ0) is 61.5. The molecule has 0 saturated heterocycles. The smallest absolute Gasteiger partial charge is 0.137 e. The molecule has 15 rings (SSSR count). The van der Waals surface area contributed by atoms with Crippen molar-refractivity contribution in [3.8, 4) is 61.8 Å². The zero-order valence-corrected chi connectivity index (χ0v) is 53.6. The van der Waals surface area contributed by atoms with Crippen molar-refractivity contribution in [2.24, 2.45) is 5.41 Å². The highest BCUT2D eigenvalue weighted by atomic mass is 16.5. The van der Waals surface area contributed by atoms with Crippen molar-refractivity contribution in [1.82, 2.24) is 9.55 Å². The normalized spacial score (nSPS) is 14.1. The average molecular weight is 1160 g/mol. The first-order valence-electron chi connectivity index (χ1n) is 31.8. The van der Waals surface area contributed by atoms with Gasteiger partial charge in [-0.3, -0.25) is 4.57 Å². The van der Waals surface area contributed by atoms with Crippen LogP contribution in [0.5, 0.6) is 11.5 Å². The molecule has 2 aromatic heterocycles. The molecule has 0 saturated carbocycles.